The van der Waals surface area contributed by atoms with Crippen molar-refractivity contribution in [3.8, 4) is 0 Å². The Morgan fingerprint density at radius 2 is 1.38 bits per heavy atom. The molecule has 2 amide bonds. The summed E-state index contributed by atoms with van der Waals surface area (Å²) in [5, 5.41) is 26.8. The summed E-state index contributed by atoms with van der Waals surface area (Å²) in [6.07, 6.45) is 19.4. The fraction of sp³-hybridized carbons (Fsp3) is 0.826. The van der Waals surface area contributed by atoms with Gasteiger partial charge < -0.3 is 50.9 Å². The lowest BCUT2D eigenvalue weighted by Gasteiger charge is -2.30. The smallest absolute Gasteiger partial charge is 0.386 e. The molecule has 0 saturated carbocycles. The van der Waals surface area contributed by atoms with Gasteiger partial charge in [-0.25, -0.2) is 28.6 Å². The number of thioether (sulfide) groups is 1. The maximum Gasteiger partial charge on any atom is 0.481 e. The number of hydrogen-bond donors (Lipinski definition) is 9. The second-order valence-corrected chi connectivity index (χ2v) is 25.1. The lowest BCUT2D eigenvalue weighted by molar-refractivity contribution is -0.137. The number of nitrogens with one attached hydrogen (secondary N) is 2. The maximum absolute atomic E-state index is 12.8. The first-order valence-corrected chi connectivity index (χ1v) is 31.5. The molecular formula is C46H84N7O17P3S. The van der Waals surface area contributed by atoms with Gasteiger partial charge in [-0.3, -0.25) is 32.5 Å². The summed E-state index contributed by atoms with van der Waals surface area (Å²) in [4.78, 5) is 88.7. The number of fused-ring (bicyclic) bond motifs is 1. The van der Waals surface area contributed by atoms with Crippen LogP contribution in [0.3, 0.4) is 0 Å². The van der Waals surface area contributed by atoms with E-state index in [1.165, 1.54) is 123 Å². The molecular weight excluding hydrogens is 1050 g/mol. The van der Waals surface area contributed by atoms with Gasteiger partial charge in [-0.2, -0.15) is 4.31 Å². The van der Waals surface area contributed by atoms with Crippen LogP contribution in [0, 0.1) is 11.3 Å². The van der Waals surface area contributed by atoms with Crippen molar-refractivity contribution < 1.29 is 80.5 Å². The zero-order valence-electron chi connectivity index (χ0n) is 43.5. The summed E-state index contributed by atoms with van der Waals surface area (Å²) < 4.78 is 62.6. The minimum Gasteiger partial charge on any atom is -0.386 e. The molecule has 8 unspecified atom stereocenters. The van der Waals surface area contributed by atoms with Crippen molar-refractivity contribution in [3.05, 3.63) is 12.7 Å². The van der Waals surface area contributed by atoms with E-state index >= 15 is 0 Å². The van der Waals surface area contributed by atoms with E-state index in [1.54, 1.807) is 0 Å². The third-order valence-corrected chi connectivity index (χ3v) is 16.7. The molecule has 2 aromatic heterocycles. The van der Waals surface area contributed by atoms with E-state index in [4.69, 9.17) is 19.5 Å². The molecule has 1 fully saturated rings. The minimum atomic E-state index is -5.58. The van der Waals surface area contributed by atoms with E-state index in [9.17, 15) is 57.9 Å². The van der Waals surface area contributed by atoms with Gasteiger partial charge in [-0.15, -0.1) is 0 Å². The molecule has 74 heavy (non-hydrogen) atoms. The van der Waals surface area contributed by atoms with Crippen molar-refractivity contribution in [3.63, 3.8) is 0 Å². The SMILES string of the molecule is CCCCCCCCCCCCCCC(C)CCCCCCCCC(=O)SCCNC(=O)CCNC(=O)C(O)C(C)(C)COP(=O)(O)OP(=O)(O)OCC1OC(n2cnc3c(N)ncnc32)C(O)C1OP(=O)(O)O. The number of imidazole rings is 1. The zero-order chi connectivity index (χ0) is 54.8. The van der Waals surface area contributed by atoms with Crippen molar-refractivity contribution in [2.75, 3.05) is 37.8 Å². The van der Waals surface area contributed by atoms with Crippen LogP contribution in [0.2, 0.25) is 0 Å². The van der Waals surface area contributed by atoms with Crippen LogP contribution in [0.25, 0.3) is 11.2 Å². The number of unbranched alkanes of at least 4 members (excludes halogenated alkanes) is 16. The number of hydrogen-bond acceptors (Lipinski definition) is 18. The molecule has 1 aliphatic heterocycles. The van der Waals surface area contributed by atoms with Gasteiger partial charge in [0.15, 0.2) is 22.8 Å². The van der Waals surface area contributed by atoms with E-state index in [-0.39, 0.29) is 41.6 Å². The fourth-order valence-electron chi connectivity index (χ4n) is 8.31. The first-order valence-electron chi connectivity index (χ1n) is 26.0. The zero-order valence-corrected chi connectivity index (χ0v) is 47.0. The number of nitrogens with two attached hydrogens (primary N) is 1. The Balaban J connectivity index is 1.23. The van der Waals surface area contributed by atoms with Crippen LogP contribution in [-0.2, 0) is 50.7 Å². The van der Waals surface area contributed by atoms with E-state index in [0.717, 1.165) is 54.2 Å². The molecule has 10 N–H and O–H groups in total. The van der Waals surface area contributed by atoms with Gasteiger partial charge in [0.25, 0.3) is 0 Å². The molecule has 0 aromatic carbocycles. The van der Waals surface area contributed by atoms with E-state index in [2.05, 4.69) is 48.3 Å². The molecule has 3 rings (SSSR count). The third-order valence-electron chi connectivity index (χ3n) is 12.6. The lowest BCUT2D eigenvalue weighted by Crippen LogP contribution is -2.46. The number of aliphatic hydroxyl groups excluding tert-OH is 2. The number of nitrogens with zero attached hydrogens (tertiary/aromatic N) is 4. The molecule has 28 heteroatoms. The predicted molar refractivity (Wildman–Crippen MR) is 279 cm³/mol. The highest BCUT2D eigenvalue weighted by Crippen LogP contribution is 2.61. The number of nitrogen functional groups attached to an aromatic ring is 1. The number of carbonyl (C=O) groups is 3. The summed E-state index contributed by atoms with van der Waals surface area (Å²) in [6, 6.07) is 0. The van der Waals surface area contributed by atoms with Gasteiger partial charge in [-0.1, -0.05) is 161 Å². The molecule has 426 valence electrons. The quantitative estimate of drug-likeness (QED) is 0.0230. The average Bonchev–Trinajstić information content (AvgIpc) is 3.89. The summed E-state index contributed by atoms with van der Waals surface area (Å²) >= 11 is 1.16. The average molecular weight is 1130 g/mol. The topological polar surface area (TPSA) is 364 Å². The Labute approximate surface area is 439 Å². The number of carbonyl (C=O) groups excluding carboxylic acids is 3. The number of aromatic nitrogens is 4. The van der Waals surface area contributed by atoms with Crippen LogP contribution in [0.15, 0.2) is 12.7 Å². The Kier molecular flexibility index (Phi) is 30.0. The molecule has 24 nitrogen and oxygen atoms in total. The first-order chi connectivity index (χ1) is 34.9. The van der Waals surface area contributed by atoms with Gasteiger partial charge in [0.1, 0.15) is 36.3 Å². The second kappa shape index (κ2) is 33.8. The van der Waals surface area contributed by atoms with Crippen LogP contribution in [0.1, 0.15) is 175 Å². The number of phosphoric ester groups is 3. The number of anilines is 1. The highest BCUT2D eigenvalue weighted by Gasteiger charge is 2.50. The second-order valence-electron chi connectivity index (χ2n) is 19.7. The van der Waals surface area contributed by atoms with Gasteiger partial charge in [0, 0.05) is 37.1 Å². The highest BCUT2D eigenvalue weighted by molar-refractivity contribution is 8.13. The van der Waals surface area contributed by atoms with Crippen molar-refractivity contribution >= 4 is 69.1 Å². The van der Waals surface area contributed by atoms with Crippen molar-refractivity contribution in [2.24, 2.45) is 11.3 Å². The van der Waals surface area contributed by atoms with Crippen LogP contribution >= 0.6 is 35.2 Å². The van der Waals surface area contributed by atoms with E-state index in [0.29, 0.717) is 12.2 Å². The van der Waals surface area contributed by atoms with E-state index < -0.39 is 84.6 Å². The minimum absolute atomic E-state index is 0.0344. The molecule has 8 atom stereocenters. The summed E-state index contributed by atoms with van der Waals surface area (Å²) in [7, 11) is -16.4. The largest absolute Gasteiger partial charge is 0.481 e. The van der Waals surface area contributed by atoms with Gasteiger partial charge >= 0.3 is 23.5 Å². The lowest BCUT2D eigenvalue weighted by atomic mass is 9.87. The molecule has 0 aliphatic carbocycles. The van der Waals surface area contributed by atoms with E-state index in [1.807, 2.05) is 0 Å². The van der Waals surface area contributed by atoms with Crippen molar-refractivity contribution in [1.82, 2.24) is 30.2 Å². The number of phosphoric acid groups is 3. The van der Waals surface area contributed by atoms with Crippen LogP contribution in [-0.4, -0.2) is 123 Å². The Morgan fingerprint density at radius 3 is 1.97 bits per heavy atom. The third kappa shape index (κ3) is 25.8. The summed E-state index contributed by atoms with van der Waals surface area (Å²) in [6.45, 7) is 5.23. The maximum atomic E-state index is 12.8. The molecule has 0 spiro atoms. The van der Waals surface area contributed by atoms with Crippen molar-refractivity contribution in [1.29, 1.82) is 0 Å². The molecule has 2 aromatic rings. The Hall–Kier alpha value is -2.44. The van der Waals surface area contributed by atoms with Crippen LogP contribution < -0.4 is 16.4 Å². The van der Waals surface area contributed by atoms with Crippen LogP contribution in [0.4, 0.5) is 5.82 Å². The number of amides is 2. The fourth-order valence-corrected chi connectivity index (χ4v) is 11.9. The number of aliphatic hydroxyl groups is 2. The van der Waals surface area contributed by atoms with Gasteiger partial charge in [0.05, 0.1) is 19.5 Å². The van der Waals surface area contributed by atoms with Crippen LogP contribution in [0.5, 0.6) is 0 Å². The molecule has 1 saturated heterocycles. The monoisotopic (exact) mass is 1130 g/mol. The molecule has 0 bridgehead atoms. The molecule has 3 heterocycles. The number of rotatable bonds is 41. The first kappa shape index (κ1) is 65.8. The summed E-state index contributed by atoms with van der Waals surface area (Å²) in [5.41, 5.74) is 4.30. The standard InChI is InChI=1S/C46H84N7O17P3S/c1-5-6-7-8-9-10-11-12-13-14-17-20-23-34(2)24-21-18-15-16-19-22-25-37(55)74-29-28-48-36(54)26-27-49-44(58)41(57)46(3,4)31-67-73(64,65)70-72(62,63)66-30-35-40(69-71(59,60)61)39(56)45(68-35)53-33-52-38-42(47)50-32-51-43(38)53/h32-35,39-41,45,56-57H,5-31H2,1-4H3,(H,48,54)(H,49,58)(H,62,63)(H,64,65)(H2,47,50,51)(H2,59,60,61). The summed E-state index contributed by atoms with van der Waals surface area (Å²) in [5.74, 6) is -0.228. The Bertz CT molecular complexity index is 2140. The van der Waals surface area contributed by atoms with Gasteiger partial charge in [-0.05, 0) is 12.3 Å². The molecule has 0 radical (unpaired) electrons. The predicted octanol–water partition coefficient (Wildman–Crippen LogP) is 7.51. The van der Waals surface area contributed by atoms with Gasteiger partial charge in [0.2, 0.25) is 11.8 Å². The highest BCUT2D eigenvalue weighted by atomic mass is 32.2. The Morgan fingerprint density at radius 1 is 0.811 bits per heavy atom. The number of ether oxygens (including phenoxy) is 1. The normalized spacial score (nSPS) is 19.8. The molecule has 1 aliphatic rings. The van der Waals surface area contributed by atoms with Crippen molar-refractivity contribution in [2.45, 2.75) is 200 Å².